The molecule has 2 nitrogen and oxygen atoms in total. The molecule has 22 aromatic carbocycles. The monoisotopic (exact) mass is 1470 g/mol. The molecule has 0 atom stereocenters. The third-order valence-electron chi connectivity index (χ3n) is 24.4. The van der Waals surface area contributed by atoms with Crippen molar-refractivity contribution in [1.82, 2.24) is 9.97 Å². The Labute approximate surface area is 670 Å². The van der Waals surface area contributed by atoms with E-state index < -0.39 is 0 Å². The van der Waals surface area contributed by atoms with E-state index in [0.717, 1.165) is 44.3 Å². The fraction of sp³-hybridized carbons (Fsp3) is 0. The highest BCUT2D eigenvalue weighted by Gasteiger charge is 2.24. The smallest absolute Gasteiger partial charge is 0.0800 e. The van der Waals surface area contributed by atoms with Crippen LogP contribution in [0.25, 0.3) is 240 Å². The van der Waals surface area contributed by atoms with Crippen LogP contribution in [0.15, 0.2) is 425 Å². The fourth-order valence-electron chi connectivity index (χ4n) is 19.1. The summed E-state index contributed by atoms with van der Waals surface area (Å²) in [4.78, 5) is 11.1. The molecule has 24 rings (SSSR count). The summed E-state index contributed by atoms with van der Waals surface area (Å²) >= 11 is 0. The van der Waals surface area contributed by atoms with Crippen LogP contribution in [-0.2, 0) is 0 Å². The SMILES string of the molecule is c1ccc(-c2ccc(-c3c4ccccc4c(-c4ccc(-c5nc6c7ccccc7c7ccccc7c6c6ccccc56)cc4)c4ccccc34)cc2)cc1.c1ccc2cc(-c3c4ccccc4c(-c4ccc5ccccc5c4)c4cc(-c5ccc(-c6nc7c8ccccc8c8ccccc8c7c7ccccc67)cc5)ccc34)ccc2c1. The van der Waals surface area contributed by atoms with E-state index in [4.69, 9.17) is 9.97 Å². The van der Waals surface area contributed by atoms with Crippen molar-refractivity contribution in [2.24, 2.45) is 0 Å². The molecule has 2 heteroatoms. The maximum Gasteiger partial charge on any atom is 0.0800 e. The van der Waals surface area contributed by atoms with Crippen molar-refractivity contribution in [3.8, 4) is 89.3 Å². The highest BCUT2D eigenvalue weighted by Crippen LogP contribution is 2.50. The van der Waals surface area contributed by atoms with Gasteiger partial charge in [-0.15, -0.1) is 0 Å². The Morgan fingerprint density at radius 1 is 0.121 bits per heavy atom. The molecule has 24 aromatic rings. The normalized spacial score (nSPS) is 11.8. The van der Waals surface area contributed by atoms with Crippen molar-refractivity contribution >= 4 is 151 Å². The molecule has 0 aliphatic heterocycles. The zero-order valence-corrected chi connectivity index (χ0v) is 63.3. The van der Waals surface area contributed by atoms with Gasteiger partial charge < -0.3 is 0 Å². The van der Waals surface area contributed by atoms with Crippen molar-refractivity contribution in [2.75, 3.05) is 0 Å². The quantitative estimate of drug-likeness (QED) is 0.112. The second-order valence-electron chi connectivity index (χ2n) is 30.8. The summed E-state index contributed by atoms with van der Waals surface area (Å²) in [5, 5.41) is 32.0. The van der Waals surface area contributed by atoms with Gasteiger partial charge in [0.1, 0.15) is 0 Å². The minimum atomic E-state index is 1.00. The fourth-order valence-corrected chi connectivity index (χ4v) is 19.1. The van der Waals surface area contributed by atoms with Gasteiger partial charge in [-0.1, -0.05) is 406 Å². The van der Waals surface area contributed by atoms with Crippen LogP contribution in [0.3, 0.4) is 0 Å². The number of pyridine rings is 2. The zero-order valence-electron chi connectivity index (χ0n) is 63.3. The van der Waals surface area contributed by atoms with E-state index in [0.29, 0.717) is 0 Å². The van der Waals surface area contributed by atoms with Crippen molar-refractivity contribution in [2.45, 2.75) is 0 Å². The van der Waals surface area contributed by atoms with E-state index >= 15 is 0 Å². The number of hydrogen-bond acceptors (Lipinski definition) is 2. The molecule has 0 saturated carbocycles. The number of rotatable bonds is 8. The molecule has 0 saturated heterocycles. The standard InChI is InChI=1S/C61H37N.C53H33N/c1-3-15-42-35-45(31-27-38(42)13-1)57-50-20-8-9-21-51(50)58(46-32-28-39-14-2-4-16-43(39)36-46)56-37-44(33-34-53(56)57)40-25-29-41(30-26-40)60-55-24-12-10-22-52(55)59-49-19-7-5-17-47(49)48-18-6-11-23-54(48)61(59)62-60;1-2-14-34(15-3-1)35-26-28-36(29-27-35)49-42-19-7-9-21-44(42)50(45-22-10-8-20-43(45)49)37-30-32-38(33-31-37)52-48-25-13-11-23-46(48)51-41-18-6-4-16-39(41)40-17-5-12-24-47(40)53(51)54-52/h1-37H;1-33H. The minimum absolute atomic E-state index is 1.00. The Bertz CT molecular complexity index is 8110. The lowest BCUT2D eigenvalue weighted by Crippen LogP contribution is -1.93. The first-order valence-corrected chi connectivity index (χ1v) is 40.1. The molecule has 2 aromatic heterocycles. The van der Waals surface area contributed by atoms with Gasteiger partial charge in [0.05, 0.1) is 22.4 Å². The van der Waals surface area contributed by atoms with Crippen LogP contribution >= 0.6 is 0 Å². The van der Waals surface area contributed by atoms with Crippen LogP contribution in [-0.4, -0.2) is 9.97 Å². The van der Waals surface area contributed by atoms with Crippen LogP contribution in [0, 0.1) is 0 Å². The van der Waals surface area contributed by atoms with Crippen molar-refractivity contribution in [3.05, 3.63) is 425 Å². The van der Waals surface area contributed by atoms with Gasteiger partial charge in [-0.2, -0.15) is 0 Å². The largest absolute Gasteiger partial charge is 0.246 e. The lowest BCUT2D eigenvalue weighted by Gasteiger charge is -2.19. The number of hydrogen-bond donors (Lipinski definition) is 0. The second kappa shape index (κ2) is 27.3. The molecule has 0 fully saturated rings. The van der Waals surface area contributed by atoms with E-state index in [1.165, 1.54) is 196 Å². The van der Waals surface area contributed by atoms with Crippen molar-refractivity contribution in [3.63, 3.8) is 0 Å². The van der Waals surface area contributed by atoms with Crippen molar-refractivity contribution < 1.29 is 0 Å². The highest BCUT2D eigenvalue weighted by molar-refractivity contribution is 6.33. The first-order valence-electron chi connectivity index (χ1n) is 40.1. The number of nitrogens with zero attached hydrogens (tertiary/aromatic N) is 2. The molecule has 0 aliphatic carbocycles. The summed E-state index contributed by atoms with van der Waals surface area (Å²) in [7, 11) is 0. The number of aromatic nitrogens is 2. The minimum Gasteiger partial charge on any atom is -0.246 e. The first-order chi connectivity index (χ1) is 57.6. The number of fused-ring (bicyclic) bond motifs is 22. The Morgan fingerprint density at radius 3 is 0.759 bits per heavy atom. The van der Waals surface area contributed by atoms with E-state index in [1.54, 1.807) is 0 Å². The van der Waals surface area contributed by atoms with Crippen LogP contribution < -0.4 is 0 Å². The number of benzene rings is 22. The predicted octanol–water partition coefficient (Wildman–Crippen LogP) is 31.6. The molecular formula is C114H70N2. The van der Waals surface area contributed by atoms with Gasteiger partial charge in [0, 0.05) is 43.4 Å². The first kappa shape index (κ1) is 66.6. The molecule has 0 spiro atoms. The molecule has 0 bridgehead atoms. The van der Waals surface area contributed by atoms with Gasteiger partial charge in [0.15, 0.2) is 0 Å². The molecule has 0 radical (unpaired) electrons. The average Bonchev–Trinajstić information content (AvgIpc) is 0.747. The Morgan fingerprint density at radius 2 is 0.362 bits per heavy atom. The van der Waals surface area contributed by atoms with Gasteiger partial charge in [0.2, 0.25) is 0 Å². The lowest BCUT2D eigenvalue weighted by molar-refractivity contribution is 1.44. The molecular weight excluding hydrogens is 1400 g/mol. The Balaban J connectivity index is 0.000000138. The van der Waals surface area contributed by atoms with Gasteiger partial charge in [-0.05, 0) is 193 Å². The summed E-state index contributed by atoms with van der Waals surface area (Å²) in [5.41, 5.74) is 21.0. The van der Waals surface area contributed by atoms with Gasteiger partial charge >= 0.3 is 0 Å². The third-order valence-corrected chi connectivity index (χ3v) is 24.4. The average molecular weight is 1470 g/mol. The molecule has 0 unspecified atom stereocenters. The maximum absolute atomic E-state index is 5.55. The van der Waals surface area contributed by atoms with Gasteiger partial charge in [-0.25, -0.2) is 9.97 Å². The van der Waals surface area contributed by atoms with Gasteiger partial charge in [0.25, 0.3) is 0 Å². The van der Waals surface area contributed by atoms with E-state index in [1.807, 2.05) is 0 Å². The van der Waals surface area contributed by atoms with E-state index in [2.05, 4.69) is 425 Å². The summed E-state index contributed by atoms with van der Waals surface area (Å²) < 4.78 is 0. The summed E-state index contributed by atoms with van der Waals surface area (Å²) in [6, 6.07) is 155. The summed E-state index contributed by atoms with van der Waals surface area (Å²) in [6.07, 6.45) is 0. The van der Waals surface area contributed by atoms with Crippen LogP contribution in [0.1, 0.15) is 0 Å². The topological polar surface area (TPSA) is 25.8 Å². The summed E-state index contributed by atoms with van der Waals surface area (Å²) in [6.45, 7) is 0. The molecule has 2 heterocycles. The van der Waals surface area contributed by atoms with Crippen LogP contribution in [0.5, 0.6) is 0 Å². The summed E-state index contributed by atoms with van der Waals surface area (Å²) in [5.74, 6) is 0. The molecule has 0 aliphatic rings. The van der Waals surface area contributed by atoms with Crippen LogP contribution in [0.2, 0.25) is 0 Å². The maximum atomic E-state index is 5.55. The molecule has 536 valence electrons. The second-order valence-corrected chi connectivity index (χ2v) is 30.8. The Kier molecular flexibility index (Phi) is 15.7. The molecule has 116 heavy (non-hydrogen) atoms. The third kappa shape index (κ3) is 10.9. The lowest BCUT2D eigenvalue weighted by atomic mass is 9.84. The zero-order chi connectivity index (χ0) is 76.3. The van der Waals surface area contributed by atoms with E-state index in [-0.39, 0.29) is 0 Å². The van der Waals surface area contributed by atoms with Gasteiger partial charge in [-0.3, -0.25) is 0 Å². The highest BCUT2D eigenvalue weighted by atomic mass is 14.7. The molecule has 0 N–H and O–H groups in total. The Hall–Kier alpha value is -15.2. The van der Waals surface area contributed by atoms with Crippen molar-refractivity contribution in [1.29, 1.82) is 0 Å². The van der Waals surface area contributed by atoms with E-state index in [9.17, 15) is 0 Å². The molecule has 0 amide bonds. The predicted molar refractivity (Wildman–Crippen MR) is 497 cm³/mol. The van der Waals surface area contributed by atoms with Crippen LogP contribution in [0.4, 0.5) is 0 Å².